The summed E-state index contributed by atoms with van der Waals surface area (Å²) in [5.41, 5.74) is 1.33. The van der Waals surface area contributed by atoms with E-state index in [-0.39, 0.29) is 18.1 Å². The van der Waals surface area contributed by atoms with Crippen LogP contribution in [0.1, 0.15) is 44.1 Å². The molecule has 0 heterocycles. The number of likely N-dealkylation sites (N-methyl/N-ethyl adjacent to an activating group) is 1. The van der Waals surface area contributed by atoms with Gasteiger partial charge in [0.2, 0.25) is 0 Å². The number of hydrogen-bond acceptors (Lipinski definition) is 3. The summed E-state index contributed by atoms with van der Waals surface area (Å²) >= 11 is 0. The van der Waals surface area contributed by atoms with Crippen LogP contribution in [0, 0.1) is 5.92 Å². The normalized spacial score (nSPS) is 25.2. The van der Waals surface area contributed by atoms with Gasteiger partial charge in [0.25, 0.3) is 0 Å². The standard InChI is InChI=1S/C21H36N4O/c1-17-9-8-12-21(13-17,25(3)4)16-24-20(22-2)23-14-19(15-26)18-10-6-5-7-11-18/h5-7,10-11,17,19,26H,8-9,12-16H2,1-4H3,(H2,22,23,24). The fourth-order valence-corrected chi connectivity index (χ4v) is 4.06. The molecule has 3 unspecified atom stereocenters. The van der Waals surface area contributed by atoms with Gasteiger partial charge in [0.05, 0.1) is 6.61 Å². The van der Waals surface area contributed by atoms with E-state index in [1.165, 1.54) is 25.7 Å². The number of hydrogen-bond donors (Lipinski definition) is 3. The fourth-order valence-electron chi connectivity index (χ4n) is 4.06. The van der Waals surface area contributed by atoms with Crippen molar-refractivity contribution in [1.82, 2.24) is 15.5 Å². The zero-order valence-electron chi connectivity index (χ0n) is 16.8. The van der Waals surface area contributed by atoms with Gasteiger partial charge in [-0.3, -0.25) is 4.99 Å². The van der Waals surface area contributed by atoms with Crippen LogP contribution in [-0.2, 0) is 0 Å². The molecule has 1 saturated carbocycles. The zero-order chi connectivity index (χ0) is 19.0. The van der Waals surface area contributed by atoms with Crippen LogP contribution < -0.4 is 10.6 Å². The van der Waals surface area contributed by atoms with Gasteiger partial charge >= 0.3 is 0 Å². The maximum Gasteiger partial charge on any atom is 0.191 e. The number of aliphatic hydroxyl groups excluding tert-OH is 1. The lowest BCUT2D eigenvalue weighted by atomic mass is 9.75. The predicted molar refractivity (Wildman–Crippen MR) is 110 cm³/mol. The van der Waals surface area contributed by atoms with E-state index < -0.39 is 0 Å². The van der Waals surface area contributed by atoms with E-state index in [1.54, 1.807) is 7.05 Å². The van der Waals surface area contributed by atoms with Crippen LogP contribution in [0.25, 0.3) is 0 Å². The van der Waals surface area contributed by atoms with Gasteiger partial charge in [-0.1, -0.05) is 50.1 Å². The Labute approximate surface area is 158 Å². The minimum atomic E-state index is 0.0623. The van der Waals surface area contributed by atoms with Gasteiger partial charge in [-0.2, -0.15) is 0 Å². The van der Waals surface area contributed by atoms with Crippen LogP contribution in [0.15, 0.2) is 35.3 Å². The van der Waals surface area contributed by atoms with Crippen LogP contribution in [0.3, 0.4) is 0 Å². The molecule has 146 valence electrons. The molecule has 1 aromatic carbocycles. The minimum absolute atomic E-state index is 0.0623. The molecule has 1 aliphatic rings. The third-order valence-corrected chi connectivity index (χ3v) is 5.83. The molecule has 0 bridgehead atoms. The molecule has 0 saturated heterocycles. The van der Waals surface area contributed by atoms with Crippen molar-refractivity contribution < 1.29 is 5.11 Å². The Morgan fingerprint density at radius 3 is 2.62 bits per heavy atom. The van der Waals surface area contributed by atoms with Crippen LogP contribution in [0.5, 0.6) is 0 Å². The first-order valence-electron chi connectivity index (χ1n) is 9.78. The molecule has 5 heteroatoms. The van der Waals surface area contributed by atoms with E-state index in [1.807, 2.05) is 18.2 Å². The van der Waals surface area contributed by atoms with Crippen LogP contribution in [0.2, 0.25) is 0 Å². The molecule has 0 aliphatic heterocycles. The maximum atomic E-state index is 9.73. The van der Waals surface area contributed by atoms with E-state index in [2.05, 4.69) is 53.7 Å². The topological polar surface area (TPSA) is 59.9 Å². The van der Waals surface area contributed by atoms with Crippen LogP contribution in [0.4, 0.5) is 0 Å². The third-order valence-electron chi connectivity index (χ3n) is 5.83. The lowest BCUT2D eigenvalue weighted by molar-refractivity contribution is 0.0795. The summed E-state index contributed by atoms with van der Waals surface area (Å²) in [6.07, 6.45) is 5.05. The monoisotopic (exact) mass is 360 g/mol. The van der Waals surface area contributed by atoms with Crippen molar-refractivity contribution in [2.45, 2.75) is 44.1 Å². The fraction of sp³-hybridized carbons (Fsp3) is 0.667. The summed E-state index contributed by atoms with van der Waals surface area (Å²) in [5, 5.41) is 16.6. The SMILES string of the molecule is CN=C(NCC(CO)c1ccccc1)NCC1(N(C)C)CCCC(C)C1. The molecule has 26 heavy (non-hydrogen) atoms. The average Bonchev–Trinajstić information content (AvgIpc) is 2.65. The highest BCUT2D eigenvalue weighted by Crippen LogP contribution is 2.35. The number of nitrogens with one attached hydrogen (secondary N) is 2. The first kappa shape index (κ1) is 20.7. The van der Waals surface area contributed by atoms with Gasteiger partial charge in [-0.05, 0) is 38.4 Å². The molecule has 1 fully saturated rings. The number of rotatable bonds is 7. The first-order chi connectivity index (χ1) is 12.5. The van der Waals surface area contributed by atoms with E-state index >= 15 is 0 Å². The van der Waals surface area contributed by atoms with Crippen molar-refractivity contribution in [2.75, 3.05) is 40.8 Å². The Hall–Kier alpha value is -1.59. The molecule has 0 spiro atoms. The summed E-state index contributed by atoms with van der Waals surface area (Å²) < 4.78 is 0. The zero-order valence-corrected chi connectivity index (χ0v) is 16.8. The molecule has 5 nitrogen and oxygen atoms in total. The Kier molecular flexibility index (Phi) is 7.91. The van der Waals surface area contributed by atoms with E-state index in [9.17, 15) is 5.11 Å². The first-order valence-corrected chi connectivity index (χ1v) is 9.78. The summed E-state index contributed by atoms with van der Waals surface area (Å²) in [5.74, 6) is 1.63. The van der Waals surface area contributed by atoms with E-state index in [0.29, 0.717) is 6.54 Å². The third kappa shape index (κ3) is 5.45. The van der Waals surface area contributed by atoms with Gasteiger partial charge in [0.1, 0.15) is 0 Å². The van der Waals surface area contributed by atoms with Gasteiger partial charge in [0, 0.05) is 31.6 Å². The summed E-state index contributed by atoms with van der Waals surface area (Å²) in [6.45, 7) is 4.02. The lowest BCUT2D eigenvalue weighted by Gasteiger charge is -2.45. The number of benzene rings is 1. The maximum absolute atomic E-state index is 9.73. The second-order valence-electron chi connectivity index (χ2n) is 7.92. The molecule has 3 N–H and O–H groups in total. The highest BCUT2D eigenvalue weighted by molar-refractivity contribution is 5.79. The quantitative estimate of drug-likeness (QED) is 0.516. The van der Waals surface area contributed by atoms with Crippen LogP contribution in [-0.4, -0.2) is 62.3 Å². The Morgan fingerprint density at radius 2 is 2.04 bits per heavy atom. The van der Waals surface area contributed by atoms with Crippen molar-refractivity contribution in [3.63, 3.8) is 0 Å². The van der Waals surface area contributed by atoms with Crippen molar-refractivity contribution >= 4 is 5.96 Å². The van der Waals surface area contributed by atoms with E-state index in [0.717, 1.165) is 24.0 Å². The second kappa shape index (κ2) is 9.93. The van der Waals surface area contributed by atoms with Crippen molar-refractivity contribution in [1.29, 1.82) is 0 Å². The largest absolute Gasteiger partial charge is 0.396 e. The van der Waals surface area contributed by atoms with E-state index in [4.69, 9.17) is 0 Å². The molecular formula is C21H36N4O. The number of nitrogens with zero attached hydrogens (tertiary/aromatic N) is 2. The second-order valence-corrected chi connectivity index (χ2v) is 7.92. The van der Waals surface area contributed by atoms with Gasteiger partial charge in [0.15, 0.2) is 5.96 Å². The average molecular weight is 361 g/mol. The van der Waals surface area contributed by atoms with Crippen molar-refractivity contribution in [2.24, 2.45) is 10.9 Å². The van der Waals surface area contributed by atoms with Gasteiger partial charge < -0.3 is 20.6 Å². The minimum Gasteiger partial charge on any atom is -0.396 e. The highest BCUT2D eigenvalue weighted by atomic mass is 16.3. The lowest BCUT2D eigenvalue weighted by Crippen LogP contribution is -2.56. The number of aliphatic hydroxyl groups is 1. The molecule has 3 atom stereocenters. The van der Waals surface area contributed by atoms with Crippen molar-refractivity contribution in [3.05, 3.63) is 35.9 Å². The molecule has 1 aliphatic carbocycles. The Balaban J connectivity index is 1.92. The Bertz CT molecular complexity index is 560. The summed E-state index contributed by atoms with van der Waals surface area (Å²) in [6, 6.07) is 10.1. The Morgan fingerprint density at radius 1 is 1.31 bits per heavy atom. The molecule has 0 amide bonds. The molecule has 2 rings (SSSR count). The summed E-state index contributed by atoms with van der Waals surface area (Å²) in [4.78, 5) is 6.75. The molecular weight excluding hydrogens is 324 g/mol. The predicted octanol–water partition coefficient (Wildman–Crippen LogP) is 2.44. The van der Waals surface area contributed by atoms with Gasteiger partial charge in [-0.15, -0.1) is 0 Å². The van der Waals surface area contributed by atoms with Crippen molar-refractivity contribution in [3.8, 4) is 0 Å². The number of guanidine groups is 1. The molecule has 1 aromatic rings. The van der Waals surface area contributed by atoms with Crippen LogP contribution >= 0.6 is 0 Å². The molecule has 0 aromatic heterocycles. The van der Waals surface area contributed by atoms with Gasteiger partial charge in [-0.25, -0.2) is 0 Å². The number of aliphatic imine (C=N–C) groups is 1. The summed E-state index contributed by atoms with van der Waals surface area (Å²) in [7, 11) is 6.18. The smallest absolute Gasteiger partial charge is 0.191 e. The highest BCUT2D eigenvalue weighted by Gasteiger charge is 2.36. The molecule has 0 radical (unpaired) electrons.